The fourth-order valence-corrected chi connectivity index (χ4v) is 0.0962. The fraction of sp³-hybridized carbons (Fsp3) is 0.500. The van der Waals surface area contributed by atoms with E-state index < -0.39 is 6.09 Å². The minimum Gasteiger partial charge on any atom is -1.00 e. The van der Waals surface area contributed by atoms with Crippen LogP contribution in [0.1, 0.15) is 0 Å². The van der Waals surface area contributed by atoms with Gasteiger partial charge >= 0.3 is 0 Å². The summed E-state index contributed by atoms with van der Waals surface area (Å²) in [6.07, 6.45) is -1.31. The summed E-state index contributed by atoms with van der Waals surface area (Å²) in [5.74, 6) is 0. The van der Waals surface area contributed by atoms with E-state index in [4.69, 9.17) is 0 Å². The van der Waals surface area contributed by atoms with Crippen LogP contribution in [0, 0.1) is 0 Å². The molecule has 0 fully saturated rings. The molecule has 0 aromatic rings. The van der Waals surface area contributed by atoms with Gasteiger partial charge in [-0.1, -0.05) is 0 Å². The van der Waals surface area contributed by atoms with E-state index >= 15 is 0 Å². The highest BCUT2D eigenvalue weighted by Crippen LogP contribution is 1.29. The molecule has 0 bridgehead atoms. The molecule has 0 aliphatic carbocycles. The second-order valence-electron chi connectivity index (χ2n) is 0.673. The molecular formula is C2H5Cl2NO3-2. The van der Waals surface area contributed by atoms with Gasteiger partial charge in [-0.05, 0) is 0 Å². The highest BCUT2D eigenvalue weighted by Gasteiger charge is 1.78. The lowest BCUT2D eigenvalue weighted by Crippen LogP contribution is -3.00. The smallest absolute Gasteiger partial charge is 0.288 e. The summed E-state index contributed by atoms with van der Waals surface area (Å²) in [7, 11) is 1.25. The number of primary amides is 1. The van der Waals surface area contributed by atoms with Crippen molar-refractivity contribution >= 4 is 6.09 Å². The van der Waals surface area contributed by atoms with Gasteiger partial charge in [0.05, 0.1) is 7.11 Å². The number of hydroxylamine groups is 1. The first kappa shape index (κ1) is 15.7. The topological polar surface area (TPSA) is 66.0 Å². The lowest BCUT2D eigenvalue weighted by Gasteiger charge is -1.89. The van der Waals surface area contributed by atoms with Gasteiger partial charge in [0.2, 0.25) is 0 Å². The highest BCUT2D eigenvalue weighted by atomic mass is 35.5. The van der Waals surface area contributed by atoms with Gasteiger partial charge in [0.15, 0.2) is 0 Å². The van der Waals surface area contributed by atoms with Crippen LogP contribution in [0.2, 0.25) is 0 Å². The molecule has 52 valence electrons. The van der Waals surface area contributed by atoms with Crippen molar-refractivity contribution in [3.05, 3.63) is 0 Å². The number of carbonyl (C=O) groups is 1. The van der Waals surface area contributed by atoms with Gasteiger partial charge in [0, 0.05) is 0 Å². The Morgan fingerprint density at radius 1 is 1.62 bits per heavy atom. The summed E-state index contributed by atoms with van der Waals surface area (Å²) in [6.45, 7) is 0. The molecular weight excluding hydrogens is 157 g/mol. The van der Waals surface area contributed by atoms with Gasteiger partial charge in [-0.2, -0.15) is 5.48 Å². The van der Waals surface area contributed by atoms with E-state index in [1.807, 2.05) is 0 Å². The van der Waals surface area contributed by atoms with E-state index in [2.05, 4.69) is 4.84 Å². The van der Waals surface area contributed by atoms with Crippen LogP contribution >= 0.6 is 0 Å². The van der Waals surface area contributed by atoms with Crippen molar-refractivity contribution in [1.82, 2.24) is 0 Å². The largest absolute Gasteiger partial charge is 1.00 e. The Morgan fingerprint density at radius 2 is 2.00 bits per heavy atom. The molecule has 0 aliphatic heterocycles. The predicted octanol–water partition coefficient (Wildman–Crippen LogP) is -8.54. The fourth-order valence-electron chi connectivity index (χ4n) is 0.0962. The Labute approximate surface area is 59.0 Å². The molecule has 6 heteroatoms. The van der Waals surface area contributed by atoms with E-state index in [1.165, 1.54) is 7.11 Å². The maximum absolute atomic E-state index is 9.31. The normalized spacial score (nSPS) is 6.12. The van der Waals surface area contributed by atoms with Gasteiger partial charge in [-0.15, -0.1) is 0 Å². The van der Waals surface area contributed by atoms with Crippen molar-refractivity contribution in [2.75, 3.05) is 7.11 Å². The first-order chi connectivity index (χ1) is 2.77. The molecule has 0 spiro atoms. The Kier molecular flexibility index (Phi) is 19.7. The first-order valence-electron chi connectivity index (χ1n) is 1.34. The number of carbonyl (C=O) groups excluding carboxylic acids is 1. The summed E-state index contributed by atoms with van der Waals surface area (Å²) < 4.78 is 0. The minimum absolute atomic E-state index is 0. The zero-order chi connectivity index (χ0) is 4.99. The van der Waals surface area contributed by atoms with Gasteiger partial charge < -0.3 is 34.7 Å². The maximum Gasteiger partial charge on any atom is 0.288 e. The summed E-state index contributed by atoms with van der Waals surface area (Å²) >= 11 is 0. The molecule has 0 unspecified atom stereocenters. The molecule has 0 atom stereocenters. The number of hydrogen-bond acceptors (Lipinski definition) is 3. The predicted molar refractivity (Wildman–Crippen MR) is 14.3 cm³/mol. The number of nitrogens with two attached hydrogens (primary N) is 1. The molecule has 0 saturated carbocycles. The van der Waals surface area contributed by atoms with E-state index in [0.717, 1.165) is 0 Å². The molecule has 0 aliphatic rings. The quantitative estimate of drug-likeness (QED) is 0.389. The van der Waals surface area contributed by atoms with E-state index in [0.29, 0.717) is 5.48 Å². The standard InChI is InChI=1S/C2H5NO3.2ClH/c1-6-3-2(4)5;;/h3H,1H3,(H,4,5);2*1H/p-2. The average Bonchev–Trinajstić information content (AvgIpc) is 1.35. The van der Waals surface area contributed by atoms with Crippen LogP contribution in [0.3, 0.4) is 0 Å². The number of halogens is 2. The lowest BCUT2D eigenvalue weighted by atomic mass is 11.3. The number of amides is 1. The van der Waals surface area contributed by atoms with Crippen LogP contribution < -0.4 is 35.4 Å². The molecule has 0 heterocycles. The van der Waals surface area contributed by atoms with Crippen LogP contribution in [-0.2, 0) is 4.84 Å². The van der Waals surface area contributed by atoms with Crippen LogP contribution in [0.4, 0.5) is 4.79 Å². The van der Waals surface area contributed by atoms with Crippen LogP contribution in [0.25, 0.3) is 0 Å². The third-order valence-corrected chi connectivity index (χ3v) is 0.214. The third kappa shape index (κ3) is 16.7. The van der Waals surface area contributed by atoms with Gasteiger partial charge in [-0.3, -0.25) is 0 Å². The van der Waals surface area contributed by atoms with Crippen LogP contribution in [-0.4, -0.2) is 13.2 Å². The highest BCUT2D eigenvalue weighted by molar-refractivity contribution is 5.48. The second kappa shape index (κ2) is 10.1. The van der Waals surface area contributed by atoms with Crippen LogP contribution in [0.15, 0.2) is 0 Å². The van der Waals surface area contributed by atoms with E-state index in [-0.39, 0.29) is 24.8 Å². The lowest BCUT2D eigenvalue weighted by molar-refractivity contribution is -0.841. The van der Waals surface area contributed by atoms with Crippen molar-refractivity contribution in [2.24, 2.45) is 0 Å². The van der Waals surface area contributed by atoms with Crippen molar-refractivity contribution < 1.29 is 45.0 Å². The molecule has 8 heavy (non-hydrogen) atoms. The van der Waals surface area contributed by atoms with E-state index in [1.54, 1.807) is 0 Å². The molecule has 0 aromatic heterocycles. The Balaban J connectivity index is -0.000000125. The SMILES string of the molecule is CO[NH2+]C(=O)[O-].[Cl-].[Cl-]. The number of carboxylic acid groups (broad SMARTS) is 1. The summed E-state index contributed by atoms with van der Waals surface area (Å²) in [4.78, 5) is 13.3. The first-order valence-corrected chi connectivity index (χ1v) is 1.34. The van der Waals surface area contributed by atoms with Gasteiger partial charge in [0.25, 0.3) is 6.09 Å². The summed E-state index contributed by atoms with van der Waals surface area (Å²) in [6, 6.07) is 0. The zero-order valence-corrected chi connectivity index (χ0v) is 5.57. The zero-order valence-electron chi connectivity index (χ0n) is 4.06. The van der Waals surface area contributed by atoms with Gasteiger partial charge in [-0.25, -0.2) is 4.84 Å². The number of rotatable bonds is 1. The summed E-state index contributed by atoms with van der Waals surface area (Å²) in [5.41, 5.74) is 0.597. The third-order valence-electron chi connectivity index (χ3n) is 0.214. The van der Waals surface area contributed by atoms with Crippen molar-refractivity contribution in [3.8, 4) is 0 Å². The molecule has 0 saturated heterocycles. The monoisotopic (exact) mass is 161 g/mol. The second-order valence-corrected chi connectivity index (χ2v) is 0.673. The Bertz CT molecular complexity index is 59.2. The molecule has 2 N–H and O–H groups in total. The summed E-state index contributed by atoms with van der Waals surface area (Å²) in [5, 5.41) is 9.31. The molecule has 0 rings (SSSR count). The minimum atomic E-state index is -1.31. The molecule has 0 radical (unpaired) electrons. The average molecular weight is 162 g/mol. The molecule has 4 nitrogen and oxygen atoms in total. The van der Waals surface area contributed by atoms with Crippen molar-refractivity contribution in [1.29, 1.82) is 0 Å². The number of quaternary nitrogens is 1. The van der Waals surface area contributed by atoms with E-state index in [9.17, 15) is 9.90 Å². The Hall–Kier alpha value is -0.0300. The van der Waals surface area contributed by atoms with Crippen LogP contribution in [0.5, 0.6) is 0 Å². The van der Waals surface area contributed by atoms with Crippen molar-refractivity contribution in [3.63, 3.8) is 0 Å². The molecule has 0 aromatic carbocycles. The Morgan fingerprint density at radius 3 is 2.00 bits per heavy atom. The number of hydrogen-bond donors (Lipinski definition) is 1. The van der Waals surface area contributed by atoms with Gasteiger partial charge in [0.1, 0.15) is 0 Å². The molecule has 1 amide bonds. The maximum atomic E-state index is 9.31. The van der Waals surface area contributed by atoms with Crippen molar-refractivity contribution in [2.45, 2.75) is 0 Å².